The number of anilines is 1. The van der Waals surface area contributed by atoms with Gasteiger partial charge in [0, 0.05) is 26.2 Å². The molecule has 29 heavy (non-hydrogen) atoms. The highest BCUT2D eigenvalue weighted by molar-refractivity contribution is 7.22. The van der Waals surface area contributed by atoms with Crippen molar-refractivity contribution in [2.24, 2.45) is 0 Å². The van der Waals surface area contributed by atoms with Crippen LogP contribution in [0.1, 0.15) is 22.7 Å². The molecule has 0 aliphatic carbocycles. The van der Waals surface area contributed by atoms with E-state index in [2.05, 4.69) is 95.6 Å². The highest BCUT2D eigenvalue weighted by atomic mass is 32.1. The molecule has 0 atom stereocenters. The van der Waals surface area contributed by atoms with Gasteiger partial charge < -0.3 is 4.90 Å². The third-order valence-electron chi connectivity index (χ3n) is 5.71. The number of hydrogen-bond donors (Lipinski definition) is 0. The van der Waals surface area contributed by atoms with Gasteiger partial charge in [-0.25, -0.2) is 4.98 Å². The molecule has 0 unspecified atom stereocenters. The Balaban J connectivity index is 1.37. The first-order chi connectivity index (χ1) is 14.3. The van der Waals surface area contributed by atoms with Crippen molar-refractivity contribution in [3.63, 3.8) is 0 Å². The first-order valence-electron chi connectivity index (χ1n) is 10.2. The molecule has 5 rings (SSSR count). The van der Waals surface area contributed by atoms with Gasteiger partial charge >= 0.3 is 0 Å². The molecule has 1 aromatic heterocycles. The summed E-state index contributed by atoms with van der Waals surface area (Å²) in [4.78, 5) is 9.95. The van der Waals surface area contributed by atoms with E-state index in [1.165, 1.54) is 21.4 Å². The summed E-state index contributed by atoms with van der Waals surface area (Å²) in [6, 6.07) is 28.6. The predicted molar refractivity (Wildman–Crippen MR) is 123 cm³/mol. The second-order valence-electron chi connectivity index (χ2n) is 7.71. The van der Waals surface area contributed by atoms with Crippen molar-refractivity contribution in [3.05, 3.63) is 95.6 Å². The topological polar surface area (TPSA) is 19.4 Å². The van der Waals surface area contributed by atoms with Gasteiger partial charge in [0.05, 0.1) is 16.3 Å². The number of benzene rings is 3. The molecule has 4 heteroatoms. The van der Waals surface area contributed by atoms with Crippen molar-refractivity contribution in [3.8, 4) is 0 Å². The molecule has 0 N–H and O–H groups in total. The van der Waals surface area contributed by atoms with E-state index in [1.807, 2.05) is 11.3 Å². The fourth-order valence-electron chi connectivity index (χ4n) is 4.21. The lowest BCUT2D eigenvalue weighted by atomic mass is 9.96. The van der Waals surface area contributed by atoms with Crippen LogP contribution < -0.4 is 4.90 Å². The zero-order valence-electron chi connectivity index (χ0n) is 16.7. The van der Waals surface area contributed by atoms with Crippen molar-refractivity contribution in [2.45, 2.75) is 13.0 Å². The number of nitrogens with zero attached hydrogens (tertiary/aromatic N) is 3. The molecule has 3 nitrogen and oxygen atoms in total. The molecule has 0 spiro atoms. The average molecular weight is 400 g/mol. The van der Waals surface area contributed by atoms with Crippen LogP contribution in [0.5, 0.6) is 0 Å². The van der Waals surface area contributed by atoms with Crippen LogP contribution in [0.2, 0.25) is 0 Å². The summed E-state index contributed by atoms with van der Waals surface area (Å²) in [5.41, 5.74) is 5.14. The molecule has 0 amide bonds. The van der Waals surface area contributed by atoms with E-state index in [9.17, 15) is 0 Å². The molecule has 0 bridgehead atoms. The molecule has 146 valence electrons. The van der Waals surface area contributed by atoms with Gasteiger partial charge in [-0.15, -0.1) is 0 Å². The summed E-state index contributed by atoms with van der Waals surface area (Å²) in [6.07, 6.45) is 0. The van der Waals surface area contributed by atoms with E-state index in [0.717, 1.165) is 36.8 Å². The molecule has 2 heterocycles. The van der Waals surface area contributed by atoms with Gasteiger partial charge in [0.2, 0.25) is 0 Å². The summed E-state index contributed by atoms with van der Waals surface area (Å²) in [5, 5.41) is 1.15. The molecule has 1 aliphatic rings. The Morgan fingerprint density at radius 3 is 2.03 bits per heavy atom. The number of hydrogen-bond acceptors (Lipinski definition) is 4. The maximum atomic E-state index is 4.89. The summed E-state index contributed by atoms with van der Waals surface area (Å²) in [7, 11) is 0. The number of aromatic nitrogens is 1. The number of rotatable bonds is 4. The quantitative estimate of drug-likeness (QED) is 0.451. The lowest BCUT2D eigenvalue weighted by Crippen LogP contribution is -2.47. The Labute approximate surface area is 176 Å². The van der Waals surface area contributed by atoms with Crippen LogP contribution in [-0.2, 0) is 0 Å². The third-order valence-corrected chi connectivity index (χ3v) is 6.79. The standard InChI is InChI=1S/C25H25N3S/c1-19-12-13-22-23(18-19)29-25(26-22)28-16-14-27(15-17-28)24(20-8-4-2-5-9-20)21-10-6-3-7-11-21/h2-13,18,24H,14-17H2,1H3. The maximum absolute atomic E-state index is 4.89. The molecule has 4 aromatic rings. The average Bonchev–Trinajstić information content (AvgIpc) is 3.19. The van der Waals surface area contributed by atoms with Crippen LogP contribution >= 0.6 is 11.3 Å². The van der Waals surface area contributed by atoms with Gasteiger partial charge in [0.1, 0.15) is 0 Å². The van der Waals surface area contributed by atoms with Gasteiger partial charge in [-0.05, 0) is 35.7 Å². The highest BCUT2D eigenvalue weighted by Gasteiger charge is 2.27. The Kier molecular flexibility index (Phi) is 5.04. The first kappa shape index (κ1) is 18.3. The van der Waals surface area contributed by atoms with Crippen LogP contribution in [0.3, 0.4) is 0 Å². The van der Waals surface area contributed by atoms with Crippen LogP contribution in [-0.4, -0.2) is 36.1 Å². The second kappa shape index (κ2) is 7.97. The number of aryl methyl sites for hydroxylation is 1. The predicted octanol–water partition coefficient (Wildman–Crippen LogP) is 5.52. The summed E-state index contributed by atoms with van der Waals surface area (Å²) in [6.45, 7) is 6.22. The fourth-order valence-corrected chi connectivity index (χ4v) is 5.33. The van der Waals surface area contributed by atoms with Crippen LogP contribution in [0.15, 0.2) is 78.9 Å². The van der Waals surface area contributed by atoms with E-state index < -0.39 is 0 Å². The number of piperazine rings is 1. The summed E-state index contributed by atoms with van der Waals surface area (Å²) < 4.78 is 1.29. The molecular weight excluding hydrogens is 374 g/mol. The maximum Gasteiger partial charge on any atom is 0.186 e. The third kappa shape index (κ3) is 3.78. The minimum atomic E-state index is 0.303. The normalized spacial score (nSPS) is 15.3. The number of fused-ring (bicyclic) bond motifs is 1. The smallest absolute Gasteiger partial charge is 0.186 e. The lowest BCUT2D eigenvalue weighted by Gasteiger charge is -2.39. The van der Waals surface area contributed by atoms with Crippen LogP contribution in [0, 0.1) is 6.92 Å². The van der Waals surface area contributed by atoms with E-state index in [0.29, 0.717) is 6.04 Å². The second-order valence-corrected chi connectivity index (χ2v) is 8.72. The molecular formula is C25H25N3S. The Morgan fingerprint density at radius 2 is 1.41 bits per heavy atom. The van der Waals surface area contributed by atoms with E-state index >= 15 is 0 Å². The summed E-state index contributed by atoms with van der Waals surface area (Å²) in [5.74, 6) is 0. The van der Waals surface area contributed by atoms with Gasteiger partial charge in [-0.2, -0.15) is 0 Å². The largest absolute Gasteiger partial charge is 0.345 e. The van der Waals surface area contributed by atoms with E-state index in [1.54, 1.807) is 0 Å². The Hall–Kier alpha value is -2.69. The molecule has 0 saturated carbocycles. The number of thiazole rings is 1. The van der Waals surface area contributed by atoms with Crippen molar-refractivity contribution in [1.29, 1.82) is 0 Å². The van der Waals surface area contributed by atoms with Crippen molar-refractivity contribution in [1.82, 2.24) is 9.88 Å². The zero-order valence-corrected chi connectivity index (χ0v) is 17.5. The monoisotopic (exact) mass is 399 g/mol. The zero-order chi connectivity index (χ0) is 19.6. The SMILES string of the molecule is Cc1ccc2nc(N3CCN(C(c4ccccc4)c4ccccc4)CC3)sc2c1. The highest BCUT2D eigenvalue weighted by Crippen LogP contribution is 2.33. The van der Waals surface area contributed by atoms with E-state index in [-0.39, 0.29) is 0 Å². The summed E-state index contributed by atoms with van der Waals surface area (Å²) >= 11 is 1.82. The minimum Gasteiger partial charge on any atom is -0.345 e. The van der Waals surface area contributed by atoms with Crippen molar-refractivity contribution < 1.29 is 0 Å². The molecule has 3 aromatic carbocycles. The Bertz CT molecular complexity index is 1040. The Morgan fingerprint density at radius 1 is 0.793 bits per heavy atom. The minimum absolute atomic E-state index is 0.303. The molecule has 0 radical (unpaired) electrons. The molecule has 1 aliphatic heterocycles. The van der Waals surface area contributed by atoms with E-state index in [4.69, 9.17) is 4.98 Å². The van der Waals surface area contributed by atoms with Crippen molar-refractivity contribution in [2.75, 3.05) is 31.1 Å². The first-order valence-corrected chi connectivity index (χ1v) is 11.1. The van der Waals surface area contributed by atoms with Crippen LogP contribution in [0.4, 0.5) is 5.13 Å². The van der Waals surface area contributed by atoms with Gasteiger partial charge in [0.15, 0.2) is 5.13 Å². The van der Waals surface area contributed by atoms with Gasteiger partial charge in [-0.1, -0.05) is 78.1 Å². The van der Waals surface area contributed by atoms with Crippen molar-refractivity contribution >= 4 is 26.7 Å². The van der Waals surface area contributed by atoms with Gasteiger partial charge in [0.25, 0.3) is 0 Å². The molecule has 1 saturated heterocycles. The fraction of sp³-hybridized carbons (Fsp3) is 0.240. The van der Waals surface area contributed by atoms with Gasteiger partial charge in [-0.3, -0.25) is 4.90 Å². The van der Waals surface area contributed by atoms with Crippen LogP contribution in [0.25, 0.3) is 10.2 Å². The molecule has 1 fully saturated rings. The lowest BCUT2D eigenvalue weighted by molar-refractivity contribution is 0.212.